The first kappa shape index (κ1) is 11.7. The largest absolute Gasteiger partial charge is 0.378 e. The second-order valence-corrected chi connectivity index (χ2v) is 5.60. The Hall–Kier alpha value is -1.35. The van der Waals surface area contributed by atoms with E-state index in [0.29, 0.717) is 11.5 Å². The zero-order valence-corrected chi connectivity index (χ0v) is 10.4. The lowest BCUT2D eigenvalue weighted by molar-refractivity contribution is -0.130. The number of nitrogens with one attached hydrogen (secondary N) is 1. The first-order valence-corrected chi connectivity index (χ1v) is 6.77. The molecule has 18 heavy (non-hydrogen) atoms. The van der Waals surface area contributed by atoms with Crippen LogP contribution in [0.4, 0.5) is 0 Å². The monoisotopic (exact) mass is 245 g/mol. The minimum absolute atomic E-state index is 0.251. The van der Waals surface area contributed by atoms with Gasteiger partial charge in [0.2, 0.25) is 0 Å². The van der Waals surface area contributed by atoms with Crippen LogP contribution in [0.5, 0.6) is 0 Å². The van der Waals surface area contributed by atoms with Crippen molar-refractivity contribution in [3.63, 3.8) is 0 Å². The van der Waals surface area contributed by atoms with Crippen LogP contribution in [0.2, 0.25) is 0 Å². The van der Waals surface area contributed by atoms with Crippen LogP contribution in [0.1, 0.15) is 37.4 Å². The van der Waals surface area contributed by atoms with Crippen molar-refractivity contribution in [3.05, 3.63) is 35.9 Å². The molecule has 2 N–H and O–H groups in total. The molecule has 2 saturated carbocycles. The molecule has 0 spiro atoms. The third-order valence-electron chi connectivity index (χ3n) is 4.43. The summed E-state index contributed by atoms with van der Waals surface area (Å²) in [4.78, 5) is 12.0. The number of hydrogen-bond acceptors (Lipinski definition) is 2. The fourth-order valence-electron chi connectivity index (χ4n) is 3.47. The van der Waals surface area contributed by atoms with Crippen LogP contribution in [0.15, 0.2) is 30.3 Å². The van der Waals surface area contributed by atoms with Crippen molar-refractivity contribution < 1.29 is 9.90 Å². The maximum absolute atomic E-state index is 12.0. The van der Waals surface area contributed by atoms with Crippen LogP contribution in [-0.2, 0) is 4.79 Å². The average Bonchev–Trinajstić information content (AvgIpc) is 3.01. The van der Waals surface area contributed by atoms with Crippen molar-refractivity contribution in [2.24, 2.45) is 11.8 Å². The van der Waals surface area contributed by atoms with Crippen LogP contribution < -0.4 is 5.32 Å². The number of benzene rings is 1. The zero-order valence-electron chi connectivity index (χ0n) is 10.4. The van der Waals surface area contributed by atoms with Gasteiger partial charge in [-0.25, -0.2) is 0 Å². The highest BCUT2D eigenvalue weighted by Gasteiger charge is 2.40. The number of aliphatic hydroxyl groups is 1. The van der Waals surface area contributed by atoms with Gasteiger partial charge in [0.15, 0.2) is 6.10 Å². The Morgan fingerprint density at radius 2 is 2.00 bits per heavy atom. The number of carbonyl (C=O) groups excluding carboxylic acids is 1. The van der Waals surface area contributed by atoms with Gasteiger partial charge in [-0.3, -0.25) is 4.79 Å². The van der Waals surface area contributed by atoms with Gasteiger partial charge < -0.3 is 10.4 Å². The maximum atomic E-state index is 12.0. The van der Waals surface area contributed by atoms with Gasteiger partial charge in [0.05, 0.1) is 0 Å². The lowest BCUT2D eigenvalue weighted by atomic mass is 9.95. The van der Waals surface area contributed by atoms with Crippen LogP contribution in [0.25, 0.3) is 0 Å². The fraction of sp³-hybridized carbons (Fsp3) is 0.533. The standard InChI is InChI=1S/C15H19NO2/c17-14(11-4-2-1-3-5-11)15(18)16-13-9-10-6-7-12(13)8-10/h1-5,10,12-14,17H,6-9H2,(H,16,18)/t10?,12?,13?,14-/m1/s1. The van der Waals surface area contributed by atoms with Crippen molar-refractivity contribution in [2.75, 3.05) is 0 Å². The van der Waals surface area contributed by atoms with E-state index in [-0.39, 0.29) is 11.9 Å². The van der Waals surface area contributed by atoms with Crippen LogP contribution >= 0.6 is 0 Å². The van der Waals surface area contributed by atoms with Gasteiger partial charge in [-0.05, 0) is 36.7 Å². The molecule has 3 heteroatoms. The van der Waals surface area contributed by atoms with E-state index in [1.54, 1.807) is 12.1 Å². The fourth-order valence-corrected chi connectivity index (χ4v) is 3.47. The summed E-state index contributed by atoms with van der Waals surface area (Å²) >= 11 is 0. The Balaban J connectivity index is 1.62. The smallest absolute Gasteiger partial charge is 0.253 e. The second-order valence-electron chi connectivity index (χ2n) is 5.60. The van der Waals surface area contributed by atoms with Crippen LogP contribution in [0.3, 0.4) is 0 Å². The van der Waals surface area contributed by atoms with Crippen molar-refractivity contribution in [1.29, 1.82) is 0 Å². The third kappa shape index (κ3) is 2.15. The number of amides is 1. The molecule has 96 valence electrons. The molecule has 1 amide bonds. The summed E-state index contributed by atoms with van der Waals surface area (Å²) in [6, 6.07) is 9.40. The minimum atomic E-state index is -1.04. The topological polar surface area (TPSA) is 49.3 Å². The Morgan fingerprint density at radius 3 is 2.61 bits per heavy atom. The lowest BCUT2D eigenvalue weighted by Crippen LogP contribution is -2.41. The van der Waals surface area contributed by atoms with Gasteiger partial charge in [-0.1, -0.05) is 36.8 Å². The van der Waals surface area contributed by atoms with Crippen molar-refractivity contribution in [3.8, 4) is 0 Å². The Kier molecular flexibility index (Phi) is 3.08. The molecule has 2 bridgehead atoms. The molecule has 3 unspecified atom stereocenters. The molecule has 2 aliphatic rings. The van der Waals surface area contributed by atoms with E-state index in [9.17, 15) is 9.90 Å². The molecule has 0 heterocycles. The molecule has 4 atom stereocenters. The van der Waals surface area contributed by atoms with Crippen molar-refractivity contribution >= 4 is 5.91 Å². The highest BCUT2D eigenvalue weighted by atomic mass is 16.3. The van der Waals surface area contributed by atoms with E-state index in [1.807, 2.05) is 18.2 Å². The van der Waals surface area contributed by atoms with Crippen LogP contribution in [0, 0.1) is 11.8 Å². The van der Waals surface area contributed by atoms with Gasteiger partial charge in [0, 0.05) is 6.04 Å². The molecule has 1 aromatic carbocycles. The predicted molar refractivity (Wildman–Crippen MR) is 68.8 cm³/mol. The predicted octanol–water partition coefficient (Wildman–Crippen LogP) is 2.02. The quantitative estimate of drug-likeness (QED) is 0.856. The SMILES string of the molecule is O=C(NC1CC2CCC1C2)[C@H](O)c1ccccc1. The number of carbonyl (C=O) groups is 1. The third-order valence-corrected chi connectivity index (χ3v) is 4.43. The molecular weight excluding hydrogens is 226 g/mol. The number of hydrogen-bond donors (Lipinski definition) is 2. The summed E-state index contributed by atoms with van der Waals surface area (Å²) in [6.45, 7) is 0. The lowest BCUT2D eigenvalue weighted by Gasteiger charge is -2.24. The van der Waals surface area contributed by atoms with E-state index < -0.39 is 6.10 Å². The maximum Gasteiger partial charge on any atom is 0.253 e. The molecule has 1 aromatic rings. The average molecular weight is 245 g/mol. The van der Waals surface area contributed by atoms with E-state index in [0.717, 1.165) is 12.3 Å². The number of fused-ring (bicyclic) bond motifs is 2. The summed E-state index contributed by atoms with van der Waals surface area (Å²) < 4.78 is 0. The normalized spacial score (nSPS) is 31.3. The summed E-state index contributed by atoms with van der Waals surface area (Å²) in [6.07, 6.45) is 3.87. The minimum Gasteiger partial charge on any atom is -0.378 e. The molecule has 0 saturated heterocycles. The molecule has 2 aliphatic carbocycles. The Morgan fingerprint density at radius 1 is 1.22 bits per heavy atom. The molecule has 0 radical (unpaired) electrons. The van der Waals surface area contributed by atoms with Crippen LogP contribution in [-0.4, -0.2) is 17.1 Å². The molecule has 3 nitrogen and oxygen atoms in total. The van der Waals surface area contributed by atoms with Gasteiger partial charge in [0.1, 0.15) is 0 Å². The summed E-state index contributed by atoms with van der Waals surface area (Å²) in [5.74, 6) is 1.19. The summed E-state index contributed by atoms with van der Waals surface area (Å²) in [7, 11) is 0. The van der Waals surface area contributed by atoms with Gasteiger partial charge >= 0.3 is 0 Å². The summed E-state index contributed by atoms with van der Waals surface area (Å²) in [5, 5.41) is 13.0. The molecular formula is C15H19NO2. The Labute approximate surface area is 107 Å². The van der Waals surface area contributed by atoms with E-state index in [2.05, 4.69) is 5.32 Å². The molecule has 2 fully saturated rings. The number of rotatable bonds is 3. The van der Waals surface area contributed by atoms with Crippen molar-refractivity contribution in [2.45, 2.75) is 37.8 Å². The first-order chi connectivity index (χ1) is 8.74. The van der Waals surface area contributed by atoms with E-state index >= 15 is 0 Å². The Bertz CT molecular complexity index is 431. The highest BCUT2D eigenvalue weighted by molar-refractivity contribution is 5.82. The molecule has 0 aliphatic heterocycles. The zero-order chi connectivity index (χ0) is 12.5. The summed E-state index contributed by atoms with van der Waals surface area (Å²) in [5.41, 5.74) is 0.665. The van der Waals surface area contributed by atoms with E-state index in [4.69, 9.17) is 0 Å². The molecule has 3 rings (SSSR count). The number of aliphatic hydroxyl groups excluding tert-OH is 1. The van der Waals surface area contributed by atoms with Gasteiger partial charge in [-0.2, -0.15) is 0 Å². The first-order valence-electron chi connectivity index (χ1n) is 6.77. The molecule has 0 aromatic heterocycles. The van der Waals surface area contributed by atoms with Gasteiger partial charge in [0.25, 0.3) is 5.91 Å². The van der Waals surface area contributed by atoms with Crippen molar-refractivity contribution in [1.82, 2.24) is 5.32 Å². The van der Waals surface area contributed by atoms with E-state index in [1.165, 1.54) is 19.3 Å². The van der Waals surface area contributed by atoms with Gasteiger partial charge in [-0.15, -0.1) is 0 Å². The highest BCUT2D eigenvalue weighted by Crippen LogP contribution is 2.44. The second kappa shape index (κ2) is 4.73.